The monoisotopic (exact) mass is 311 g/mol. The molecule has 0 spiro atoms. The topological polar surface area (TPSA) is 101 Å². The summed E-state index contributed by atoms with van der Waals surface area (Å²) in [5, 5.41) is 7.57. The first-order valence-corrected chi connectivity index (χ1v) is 8.63. The summed E-state index contributed by atoms with van der Waals surface area (Å²) < 4.78 is 28.5. The van der Waals surface area contributed by atoms with Crippen LogP contribution in [-0.4, -0.2) is 72.7 Å². The number of carboxylic acids is 1. The number of carbonyl (C=O) groups is 2. The number of hydrogen-bond donors (Lipinski definition) is 1. The van der Waals surface area contributed by atoms with Crippen LogP contribution in [-0.2, 0) is 24.2 Å². The maximum atomic E-state index is 11.9. The smallest absolute Gasteiger partial charge is 0.329 e. The lowest BCUT2D eigenvalue weighted by atomic mass is 10.4. The highest BCUT2D eigenvalue weighted by Gasteiger charge is 2.35. The maximum absolute atomic E-state index is 11.9. The minimum Gasteiger partial charge on any atom is -0.480 e. The molecule has 0 aliphatic carbocycles. The molecule has 110 valence electrons. The number of ether oxygens (including phenoxy) is 1. The fourth-order valence-corrected chi connectivity index (χ4v) is 4.65. The van der Waals surface area contributed by atoms with Gasteiger partial charge in [-0.25, -0.2) is 13.2 Å². The van der Waals surface area contributed by atoms with Crippen molar-refractivity contribution >= 4 is 33.5 Å². The number of thioether (sulfide) groups is 1. The molecule has 1 aliphatic rings. The second-order valence-electron chi connectivity index (χ2n) is 3.95. The summed E-state index contributed by atoms with van der Waals surface area (Å²) >= 11 is 1.49. The van der Waals surface area contributed by atoms with Crippen molar-refractivity contribution in [2.24, 2.45) is 0 Å². The fourth-order valence-electron chi connectivity index (χ4n) is 1.66. The van der Waals surface area contributed by atoms with Crippen molar-refractivity contribution in [1.82, 2.24) is 4.90 Å². The van der Waals surface area contributed by atoms with Crippen LogP contribution >= 0.6 is 11.8 Å². The Kier molecular flexibility index (Phi) is 6.08. The SMILES string of the molecule is CCS(=O)(=O)C1CSCCN1C(=O)COCC(=O)O. The molecule has 0 bridgehead atoms. The van der Waals surface area contributed by atoms with Gasteiger partial charge in [-0.1, -0.05) is 6.92 Å². The van der Waals surface area contributed by atoms with Crippen LogP contribution in [0, 0.1) is 0 Å². The Labute approximate surface area is 116 Å². The Balaban J connectivity index is 2.66. The lowest BCUT2D eigenvalue weighted by Gasteiger charge is -2.34. The van der Waals surface area contributed by atoms with Crippen molar-refractivity contribution in [3.05, 3.63) is 0 Å². The number of rotatable bonds is 6. The van der Waals surface area contributed by atoms with Gasteiger partial charge in [0, 0.05) is 23.8 Å². The lowest BCUT2D eigenvalue weighted by Crippen LogP contribution is -2.51. The maximum Gasteiger partial charge on any atom is 0.329 e. The molecule has 9 heteroatoms. The van der Waals surface area contributed by atoms with Gasteiger partial charge in [0.1, 0.15) is 18.6 Å². The first-order valence-electron chi connectivity index (χ1n) is 5.76. The van der Waals surface area contributed by atoms with Crippen molar-refractivity contribution in [1.29, 1.82) is 0 Å². The number of sulfone groups is 1. The number of nitrogens with zero attached hydrogens (tertiary/aromatic N) is 1. The summed E-state index contributed by atoms with van der Waals surface area (Å²) in [5.41, 5.74) is 0. The van der Waals surface area contributed by atoms with Gasteiger partial charge < -0.3 is 14.7 Å². The standard InChI is InChI=1S/C10H17NO6S2/c1-2-19(15,16)9-7-18-4-3-11(9)8(12)5-17-6-10(13)14/h9H,2-7H2,1H3,(H,13,14). The molecule has 0 saturated carbocycles. The summed E-state index contributed by atoms with van der Waals surface area (Å²) in [4.78, 5) is 23.4. The van der Waals surface area contributed by atoms with E-state index in [9.17, 15) is 18.0 Å². The van der Waals surface area contributed by atoms with Gasteiger partial charge in [-0.3, -0.25) is 4.79 Å². The number of aliphatic carboxylic acids is 1. The number of hydrogen-bond acceptors (Lipinski definition) is 6. The molecule has 0 radical (unpaired) electrons. The summed E-state index contributed by atoms with van der Waals surface area (Å²) in [6.45, 7) is 0.897. The van der Waals surface area contributed by atoms with Crippen LogP contribution in [0.25, 0.3) is 0 Å². The molecule has 1 N–H and O–H groups in total. The number of carboxylic acid groups (broad SMARTS) is 1. The zero-order valence-electron chi connectivity index (χ0n) is 10.6. The van der Waals surface area contributed by atoms with E-state index in [0.717, 1.165) is 0 Å². The lowest BCUT2D eigenvalue weighted by molar-refractivity contribution is -0.146. The molecule has 1 saturated heterocycles. The predicted octanol–water partition coefficient (Wildman–Crippen LogP) is -0.576. The molecule has 1 amide bonds. The molecule has 7 nitrogen and oxygen atoms in total. The van der Waals surface area contributed by atoms with E-state index < -0.39 is 40.3 Å². The van der Waals surface area contributed by atoms with Crippen LogP contribution < -0.4 is 0 Å². The third-order valence-electron chi connectivity index (χ3n) is 2.67. The second-order valence-corrected chi connectivity index (χ2v) is 7.55. The van der Waals surface area contributed by atoms with E-state index in [4.69, 9.17) is 9.84 Å². The van der Waals surface area contributed by atoms with Crippen LogP contribution in [0.3, 0.4) is 0 Å². The molecule has 19 heavy (non-hydrogen) atoms. The Morgan fingerprint density at radius 2 is 2.11 bits per heavy atom. The average Bonchev–Trinajstić information content (AvgIpc) is 2.38. The molecule has 1 heterocycles. The van der Waals surface area contributed by atoms with Gasteiger partial charge in [0.05, 0.1) is 0 Å². The first kappa shape index (κ1) is 16.3. The fraction of sp³-hybridized carbons (Fsp3) is 0.800. The van der Waals surface area contributed by atoms with E-state index in [1.807, 2.05) is 0 Å². The van der Waals surface area contributed by atoms with Crippen LogP contribution in [0.15, 0.2) is 0 Å². The van der Waals surface area contributed by atoms with Crippen molar-refractivity contribution in [2.45, 2.75) is 12.3 Å². The molecule has 0 aromatic carbocycles. The van der Waals surface area contributed by atoms with Gasteiger partial charge in [0.25, 0.3) is 0 Å². The highest BCUT2D eigenvalue weighted by Crippen LogP contribution is 2.21. The zero-order valence-corrected chi connectivity index (χ0v) is 12.2. The van der Waals surface area contributed by atoms with E-state index in [2.05, 4.69) is 0 Å². The normalized spacial score (nSPS) is 20.3. The summed E-state index contributed by atoms with van der Waals surface area (Å²) in [6.07, 6.45) is 0. The van der Waals surface area contributed by atoms with Gasteiger partial charge in [0.15, 0.2) is 9.84 Å². The van der Waals surface area contributed by atoms with E-state index in [-0.39, 0.29) is 5.75 Å². The van der Waals surface area contributed by atoms with Crippen LogP contribution in [0.5, 0.6) is 0 Å². The van der Waals surface area contributed by atoms with Crippen LogP contribution in [0.4, 0.5) is 0 Å². The van der Waals surface area contributed by atoms with Gasteiger partial charge in [0.2, 0.25) is 5.91 Å². The van der Waals surface area contributed by atoms with E-state index in [0.29, 0.717) is 18.1 Å². The minimum absolute atomic E-state index is 0.0298. The van der Waals surface area contributed by atoms with E-state index >= 15 is 0 Å². The molecule has 1 unspecified atom stereocenters. The summed E-state index contributed by atoms with van der Waals surface area (Å²) in [5.74, 6) is -0.664. The number of carbonyl (C=O) groups excluding carboxylic acids is 1. The Bertz CT molecular complexity index is 435. The average molecular weight is 311 g/mol. The van der Waals surface area contributed by atoms with Crippen molar-refractivity contribution < 1.29 is 27.9 Å². The zero-order chi connectivity index (χ0) is 14.5. The van der Waals surface area contributed by atoms with Crippen molar-refractivity contribution in [3.63, 3.8) is 0 Å². The van der Waals surface area contributed by atoms with Crippen LogP contribution in [0.1, 0.15) is 6.92 Å². The Morgan fingerprint density at radius 1 is 1.42 bits per heavy atom. The predicted molar refractivity (Wildman–Crippen MR) is 70.7 cm³/mol. The van der Waals surface area contributed by atoms with Gasteiger partial charge in [-0.05, 0) is 0 Å². The molecular weight excluding hydrogens is 294 g/mol. The Morgan fingerprint density at radius 3 is 2.68 bits per heavy atom. The quantitative estimate of drug-likeness (QED) is 0.700. The summed E-state index contributed by atoms with van der Waals surface area (Å²) in [7, 11) is -3.34. The minimum atomic E-state index is -3.34. The third-order valence-corrected chi connectivity index (χ3v) is 5.96. The molecule has 1 aliphatic heterocycles. The van der Waals surface area contributed by atoms with E-state index in [1.54, 1.807) is 0 Å². The second kappa shape index (κ2) is 7.11. The van der Waals surface area contributed by atoms with Crippen molar-refractivity contribution in [3.8, 4) is 0 Å². The molecule has 0 aromatic heterocycles. The first-order chi connectivity index (χ1) is 8.88. The molecular formula is C10H17NO6S2. The molecule has 1 atom stereocenters. The third kappa shape index (κ3) is 4.66. The Hall–Kier alpha value is -0.800. The van der Waals surface area contributed by atoms with Gasteiger partial charge in [-0.15, -0.1) is 0 Å². The highest BCUT2D eigenvalue weighted by molar-refractivity contribution is 8.01. The number of amides is 1. The van der Waals surface area contributed by atoms with E-state index in [1.165, 1.54) is 23.6 Å². The largest absolute Gasteiger partial charge is 0.480 e. The molecule has 1 rings (SSSR count). The summed E-state index contributed by atoms with van der Waals surface area (Å²) in [6, 6.07) is 0. The molecule has 0 aromatic rings. The van der Waals surface area contributed by atoms with Gasteiger partial charge in [-0.2, -0.15) is 11.8 Å². The van der Waals surface area contributed by atoms with Gasteiger partial charge >= 0.3 is 5.97 Å². The van der Waals surface area contributed by atoms with Crippen molar-refractivity contribution in [2.75, 3.05) is 37.0 Å². The molecule has 1 fully saturated rings. The van der Waals surface area contributed by atoms with Crippen LogP contribution in [0.2, 0.25) is 0 Å². The highest BCUT2D eigenvalue weighted by atomic mass is 32.2.